The number of ether oxygens (including phenoxy) is 1. The van der Waals surface area contributed by atoms with Crippen molar-refractivity contribution in [2.24, 2.45) is 0 Å². The van der Waals surface area contributed by atoms with Crippen LogP contribution < -0.4 is 5.32 Å². The quantitative estimate of drug-likeness (QED) is 0.944. The monoisotopic (exact) mass is 321 g/mol. The third kappa shape index (κ3) is 3.26. The molecular formula is C15H16FN3O2S. The molecular weight excluding hydrogens is 305 g/mol. The number of halogens is 1. The van der Waals surface area contributed by atoms with E-state index in [0.29, 0.717) is 42.0 Å². The van der Waals surface area contributed by atoms with E-state index in [2.05, 4.69) is 10.3 Å². The Kier molecular flexibility index (Phi) is 4.35. The van der Waals surface area contributed by atoms with E-state index in [9.17, 15) is 9.18 Å². The van der Waals surface area contributed by atoms with Crippen molar-refractivity contribution in [3.05, 3.63) is 40.7 Å². The van der Waals surface area contributed by atoms with Crippen molar-refractivity contribution in [3.63, 3.8) is 0 Å². The molecule has 1 fully saturated rings. The lowest BCUT2D eigenvalue weighted by Gasteiger charge is -2.26. The van der Waals surface area contributed by atoms with Gasteiger partial charge in [0.1, 0.15) is 10.7 Å². The minimum absolute atomic E-state index is 0.00884. The van der Waals surface area contributed by atoms with Crippen LogP contribution in [0.1, 0.15) is 15.4 Å². The van der Waals surface area contributed by atoms with Crippen LogP contribution in [-0.2, 0) is 4.74 Å². The zero-order valence-corrected chi connectivity index (χ0v) is 13.0. The second kappa shape index (κ2) is 6.41. The highest BCUT2D eigenvalue weighted by Gasteiger charge is 2.23. The highest BCUT2D eigenvalue weighted by atomic mass is 32.1. The molecule has 116 valence electrons. The molecule has 2 heterocycles. The topological polar surface area (TPSA) is 54.5 Å². The number of thiazole rings is 1. The van der Waals surface area contributed by atoms with Crippen molar-refractivity contribution in [2.45, 2.75) is 6.92 Å². The second-order valence-electron chi connectivity index (χ2n) is 4.97. The molecule has 0 unspecified atom stereocenters. The zero-order valence-electron chi connectivity index (χ0n) is 12.1. The molecule has 1 N–H and O–H groups in total. The molecule has 1 aromatic heterocycles. The number of carbonyl (C=O) groups excluding carboxylic acids is 1. The molecule has 7 heteroatoms. The Morgan fingerprint density at radius 3 is 2.68 bits per heavy atom. The third-order valence-corrected chi connectivity index (χ3v) is 4.45. The summed E-state index contributed by atoms with van der Waals surface area (Å²) in [6.07, 6.45) is 0. The molecule has 5 nitrogen and oxygen atoms in total. The number of rotatable bonds is 3. The molecule has 1 aliphatic rings. The van der Waals surface area contributed by atoms with Gasteiger partial charge in [0.2, 0.25) is 0 Å². The summed E-state index contributed by atoms with van der Waals surface area (Å²) in [4.78, 5) is 19.3. The van der Waals surface area contributed by atoms with Crippen molar-refractivity contribution in [2.75, 3.05) is 31.6 Å². The predicted octanol–water partition coefficient (Wildman–Crippen LogP) is 2.81. The molecule has 0 bridgehead atoms. The Morgan fingerprint density at radius 1 is 1.32 bits per heavy atom. The van der Waals surface area contributed by atoms with Gasteiger partial charge in [-0.3, -0.25) is 4.79 Å². The van der Waals surface area contributed by atoms with Crippen LogP contribution in [0.5, 0.6) is 0 Å². The summed E-state index contributed by atoms with van der Waals surface area (Å²) < 4.78 is 18.2. The van der Waals surface area contributed by atoms with Crippen molar-refractivity contribution in [3.8, 4) is 0 Å². The lowest BCUT2D eigenvalue weighted by atomic mass is 10.3. The summed E-state index contributed by atoms with van der Waals surface area (Å²) in [6, 6.07) is 6.02. The fraction of sp³-hybridized carbons (Fsp3) is 0.333. The van der Waals surface area contributed by atoms with E-state index in [-0.39, 0.29) is 11.7 Å². The Balaban J connectivity index is 1.75. The average molecular weight is 321 g/mol. The Morgan fingerprint density at radius 2 is 2.00 bits per heavy atom. The van der Waals surface area contributed by atoms with Crippen LogP contribution >= 0.6 is 11.3 Å². The first-order valence-corrected chi connectivity index (χ1v) is 7.82. The van der Waals surface area contributed by atoms with E-state index in [4.69, 9.17) is 4.74 Å². The van der Waals surface area contributed by atoms with Gasteiger partial charge in [0.15, 0.2) is 5.13 Å². The SMILES string of the molecule is Cc1nc(Nc2ccc(F)cc2)sc1C(=O)N1CCOCC1. The van der Waals surface area contributed by atoms with Crippen LogP contribution in [0.4, 0.5) is 15.2 Å². The summed E-state index contributed by atoms with van der Waals surface area (Å²) >= 11 is 1.31. The lowest BCUT2D eigenvalue weighted by Crippen LogP contribution is -2.40. The van der Waals surface area contributed by atoms with Gasteiger partial charge in [-0.1, -0.05) is 11.3 Å². The molecule has 0 saturated carbocycles. The van der Waals surface area contributed by atoms with E-state index in [1.54, 1.807) is 17.0 Å². The number of benzene rings is 1. The number of aryl methyl sites for hydroxylation is 1. The van der Waals surface area contributed by atoms with Gasteiger partial charge in [0, 0.05) is 18.8 Å². The molecule has 22 heavy (non-hydrogen) atoms. The number of anilines is 2. The second-order valence-corrected chi connectivity index (χ2v) is 5.97. The van der Waals surface area contributed by atoms with Gasteiger partial charge >= 0.3 is 0 Å². The molecule has 0 radical (unpaired) electrons. The first kappa shape index (κ1) is 14.9. The van der Waals surface area contributed by atoms with Gasteiger partial charge in [-0.2, -0.15) is 0 Å². The van der Waals surface area contributed by atoms with E-state index < -0.39 is 0 Å². The van der Waals surface area contributed by atoms with Crippen molar-refractivity contribution in [1.82, 2.24) is 9.88 Å². The molecule has 1 aliphatic heterocycles. The van der Waals surface area contributed by atoms with Crippen molar-refractivity contribution < 1.29 is 13.9 Å². The van der Waals surface area contributed by atoms with Gasteiger partial charge in [0.25, 0.3) is 5.91 Å². The van der Waals surface area contributed by atoms with E-state index in [1.165, 1.54) is 23.5 Å². The van der Waals surface area contributed by atoms with Crippen LogP contribution in [0.3, 0.4) is 0 Å². The zero-order chi connectivity index (χ0) is 15.5. The third-order valence-electron chi connectivity index (χ3n) is 3.38. The van der Waals surface area contributed by atoms with Crippen LogP contribution in [-0.4, -0.2) is 42.1 Å². The minimum atomic E-state index is -0.288. The van der Waals surface area contributed by atoms with Crippen LogP contribution in [0.2, 0.25) is 0 Å². The summed E-state index contributed by atoms with van der Waals surface area (Å²) in [7, 11) is 0. The number of morpholine rings is 1. The van der Waals surface area contributed by atoms with Crippen molar-refractivity contribution >= 4 is 28.1 Å². The maximum atomic E-state index is 12.9. The molecule has 0 spiro atoms. The number of carbonyl (C=O) groups is 1. The van der Waals surface area contributed by atoms with Gasteiger partial charge in [-0.05, 0) is 31.2 Å². The van der Waals surface area contributed by atoms with Gasteiger partial charge < -0.3 is 15.0 Å². The molecule has 1 amide bonds. The highest BCUT2D eigenvalue weighted by molar-refractivity contribution is 7.17. The molecule has 3 rings (SSSR count). The largest absolute Gasteiger partial charge is 0.378 e. The summed E-state index contributed by atoms with van der Waals surface area (Å²) in [5.74, 6) is -0.297. The van der Waals surface area contributed by atoms with Gasteiger partial charge in [0.05, 0.1) is 18.9 Å². The lowest BCUT2D eigenvalue weighted by molar-refractivity contribution is 0.0305. The number of nitrogens with one attached hydrogen (secondary N) is 1. The van der Waals surface area contributed by atoms with Crippen LogP contribution in [0.25, 0.3) is 0 Å². The molecule has 1 saturated heterocycles. The Labute approximate surface area is 131 Å². The van der Waals surface area contributed by atoms with E-state index in [1.807, 2.05) is 6.92 Å². The summed E-state index contributed by atoms with van der Waals surface area (Å²) in [5, 5.41) is 3.72. The first-order chi connectivity index (χ1) is 10.6. The van der Waals surface area contributed by atoms with Gasteiger partial charge in [-0.25, -0.2) is 9.37 Å². The fourth-order valence-electron chi connectivity index (χ4n) is 2.22. The minimum Gasteiger partial charge on any atom is -0.378 e. The summed E-state index contributed by atoms with van der Waals surface area (Å²) in [6.45, 7) is 4.18. The molecule has 2 aromatic rings. The number of hydrogen-bond acceptors (Lipinski definition) is 5. The molecule has 0 atom stereocenters. The maximum Gasteiger partial charge on any atom is 0.266 e. The normalized spacial score (nSPS) is 14.9. The Hall–Kier alpha value is -1.99. The molecule has 0 aliphatic carbocycles. The first-order valence-electron chi connectivity index (χ1n) is 7.00. The maximum absolute atomic E-state index is 12.9. The fourth-order valence-corrected chi connectivity index (χ4v) is 3.17. The number of amides is 1. The molecule has 1 aromatic carbocycles. The summed E-state index contributed by atoms with van der Waals surface area (Å²) in [5.41, 5.74) is 1.44. The number of hydrogen-bond donors (Lipinski definition) is 1. The standard InChI is InChI=1S/C15H16FN3O2S/c1-10-13(14(20)19-6-8-21-9-7-19)22-15(17-10)18-12-4-2-11(16)3-5-12/h2-5H,6-9H2,1H3,(H,17,18). The number of aromatic nitrogens is 1. The number of nitrogens with zero attached hydrogens (tertiary/aromatic N) is 2. The van der Waals surface area contributed by atoms with E-state index >= 15 is 0 Å². The highest BCUT2D eigenvalue weighted by Crippen LogP contribution is 2.27. The van der Waals surface area contributed by atoms with Crippen LogP contribution in [0, 0.1) is 12.7 Å². The predicted molar refractivity (Wildman–Crippen MR) is 83.3 cm³/mol. The van der Waals surface area contributed by atoms with Crippen molar-refractivity contribution in [1.29, 1.82) is 0 Å². The smallest absolute Gasteiger partial charge is 0.266 e. The Bertz CT molecular complexity index is 666. The van der Waals surface area contributed by atoms with Crippen LogP contribution in [0.15, 0.2) is 24.3 Å². The van der Waals surface area contributed by atoms with Gasteiger partial charge in [-0.15, -0.1) is 0 Å². The van der Waals surface area contributed by atoms with E-state index in [0.717, 1.165) is 5.69 Å². The average Bonchev–Trinajstić information content (AvgIpc) is 2.90.